The van der Waals surface area contributed by atoms with Crippen molar-refractivity contribution in [1.29, 1.82) is 0 Å². The molecule has 2 rings (SSSR count). The number of halogens is 2. The molecule has 0 N–H and O–H groups in total. The van der Waals surface area contributed by atoms with Crippen molar-refractivity contribution in [3.05, 3.63) is 54.0 Å². The van der Waals surface area contributed by atoms with E-state index in [0.29, 0.717) is 5.88 Å². The Hall–Kier alpha value is -1.41. The Kier molecular flexibility index (Phi) is 2.97. The van der Waals surface area contributed by atoms with Crippen LogP contribution in [0.5, 0.6) is 0 Å². The highest BCUT2D eigenvalue weighted by molar-refractivity contribution is 6.16. The molecule has 1 aromatic heterocycles. The molecule has 1 heterocycles. The van der Waals surface area contributed by atoms with E-state index < -0.39 is 0 Å². The third-order valence-electron chi connectivity index (χ3n) is 2.08. The van der Waals surface area contributed by atoms with Gasteiger partial charge in [-0.05, 0) is 36.4 Å². The van der Waals surface area contributed by atoms with Gasteiger partial charge in [0, 0.05) is 5.56 Å². The van der Waals surface area contributed by atoms with E-state index in [1.807, 2.05) is 18.2 Å². The molecule has 1 aromatic carbocycles. The molecule has 0 radical (unpaired) electrons. The van der Waals surface area contributed by atoms with Crippen molar-refractivity contribution in [2.24, 2.45) is 0 Å². The minimum atomic E-state index is -0.243. The van der Waals surface area contributed by atoms with Crippen LogP contribution < -0.4 is 0 Å². The quantitative estimate of drug-likeness (QED) is 0.706. The van der Waals surface area contributed by atoms with Gasteiger partial charge in [-0.15, -0.1) is 11.6 Å². The topological polar surface area (TPSA) is 12.9 Å². The Labute approximate surface area is 92.5 Å². The normalized spacial score (nSPS) is 10.3. The molecule has 15 heavy (non-hydrogen) atoms. The van der Waals surface area contributed by atoms with E-state index in [9.17, 15) is 4.39 Å². The molecule has 3 heteroatoms. The molecule has 0 bridgehead atoms. The van der Waals surface area contributed by atoms with Gasteiger partial charge in [-0.3, -0.25) is 4.98 Å². The van der Waals surface area contributed by atoms with Crippen LogP contribution in [0, 0.1) is 5.82 Å². The van der Waals surface area contributed by atoms with E-state index in [2.05, 4.69) is 4.98 Å². The predicted octanol–water partition coefficient (Wildman–Crippen LogP) is 3.63. The number of pyridine rings is 1. The van der Waals surface area contributed by atoms with Crippen molar-refractivity contribution >= 4 is 11.6 Å². The third-order valence-corrected chi connectivity index (χ3v) is 2.36. The number of benzene rings is 1. The van der Waals surface area contributed by atoms with Crippen molar-refractivity contribution < 1.29 is 4.39 Å². The summed E-state index contributed by atoms with van der Waals surface area (Å²) in [7, 11) is 0. The summed E-state index contributed by atoms with van der Waals surface area (Å²) in [4.78, 5) is 4.34. The predicted molar refractivity (Wildman–Crippen MR) is 59.2 cm³/mol. The average Bonchev–Trinajstić information content (AvgIpc) is 2.30. The Morgan fingerprint density at radius 1 is 1.07 bits per heavy atom. The van der Waals surface area contributed by atoms with E-state index in [1.165, 1.54) is 12.1 Å². The number of hydrogen-bond donors (Lipinski definition) is 0. The lowest BCUT2D eigenvalue weighted by Crippen LogP contribution is -1.88. The number of nitrogens with zero attached hydrogens (tertiary/aromatic N) is 1. The largest absolute Gasteiger partial charge is 0.252 e. The van der Waals surface area contributed by atoms with Gasteiger partial charge >= 0.3 is 0 Å². The fourth-order valence-electron chi connectivity index (χ4n) is 1.34. The molecule has 76 valence electrons. The zero-order chi connectivity index (χ0) is 10.7. The minimum Gasteiger partial charge on any atom is -0.252 e. The fraction of sp³-hybridized carbons (Fsp3) is 0.0833. The van der Waals surface area contributed by atoms with E-state index in [1.54, 1.807) is 12.1 Å². The lowest BCUT2D eigenvalue weighted by Gasteiger charge is -2.02. The van der Waals surface area contributed by atoms with Crippen molar-refractivity contribution in [2.45, 2.75) is 5.88 Å². The van der Waals surface area contributed by atoms with Crippen LogP contribution in [0.25, 0.3) is 11.3 Å². The monoisotopic (exact) mass is 221 g/mol. The first-order valence-electron chi connectivity index (χ1n) is 4.57. The Bertz CT molecular complexity index is 453. The van der Waals surface area contributed by atoms with Crippen LogP contribution in [-0.2, 0) is 5.88 Å². The summed E-state index contributed by atoms with van der Waals surface area (Å²) >= 11 is 5.69. The number of rotatable bonds is 2. The number of alkyl halides is 1. The summed E-state index contributed by atoms with van der Waals surface area (Å²) in [6.45, 7) is 0. The van der Waals surface area contributed by atoms with Crippen LogP contribution in [0.4, 0.5) is 4.39 Å². The van der Waals surface area contributed by atoms with Gasteiger partial charge in [-0.1, -0.05) is 6.07 Å². The summed E-state index contributed by atoms with van der Waals surface area (Å²) in [5, 5.41) is 0. The van der Waals surface area contributed by atoms with Crippen LogP contribution >= 0.6 is 11.6 Å². The molecule has 0 spiro atoms. The van der Waals surface area contributed by atoms with Crippen molar-refractivity contribution in [2.75, 3.05) is 0 Å². The molecule has 0 aliphatic rings. The maximum atomic E-state index is 12.7. The van der Waals surface area contributed by atoms with Crippen molar-refractivity contribution in [3.8, 4) is 11.3 Å². The summed E-state index contributed by atoms with van der Waals surface area (Å²) in [6.07, 6.45) is 0. The maximum absolute atomic E-state index is 12.7. The first-order chi connectivity index (χ1) is 7.29. The first kappa shape index (κ1) is 10.1. The SMILES string of the molecule is Fc1ccc(-c2cccc(CCl)n2)cc1. The van der Waals surface area contributed by atoms with E-state index >= 15 is 0 Å². The molecule has 0 fully saturated rings. The molecule has 1 nitrogen and oxygen atoms in total. The third kappa shape index (κ3) is 2.34. The molecule has 0 unspecified atom stereocenters. The molecule has 2 aromatic rings. The van der Waals surface area contributed by atoms with Crippen molar-refractivity contribution in [1.82, 2.24) is 4.98 Å². The molecular formula is C12H9ClFN. The van der Waals surface area contributed by atoms with Gasteiger partial charge in [-0.2, -0.15) is 0 Å². The number of aromatic nitrogens is 1. The highest BCUT2D eigenvalue weighted by Crippen LogP contribution is 2.17. The molecule has 0 atom stereocenters. The maximum Gasteiger partial charge on any atom is 0.123 e. The Balaban J connectivity index is 2.40. The first-order valence-corrected chi connectivity index (χ1v) is 5.11. The summed E-state index contributed by atoms with van der Waals surface area (Å²) < 4.78 is 12.7. The zero-order valence-corrected chi connectivity index (χ0v) is 8.71. The van der Waals surface area contributed by atoms with Crippen LogP contribution in [-0.4, -0.2) is 4.98 Å². The van der Waals surface area contributed by atoms with Crippen LogP contribution in [0.3, 0.4) is 0 Å². The second-order valence-electron chi connectivity index (χ2n) is 3.15. The van der Waals surface area contributed by atoms with Gasteiger partial charge in [0.1, 0.15) is 5.82 Å². The minimum absolute atomic E-state index is 0.243. The molecule has 0 saturated carbocycles. The van der Waals surface area contributed by atoms with Gasteiger partial charge in [0.15, 0.2) is 0 Å². The fourth-order valence-corrected chi connectivity index (χ4v) is 1.48. The van der Waals surface area contributed by atoms with E-state index in [-0.39, 0.29) is 5.82 Å². The smallest absolute Gasteiger partial charge is 0.123 e. The van der Waals surface area contributed by atoms with Crippen LogP contribution in [0.15, 0.2) is 42.5 Å². The second kappa shape index (κ2) is 4.41. The molecule has 0 aliphatic heterocycles. The van der Waals surface area contributed by atoms with Gasteiger partial charge in [-0.25, -0.2) is 4.39 Å². The highest BCUT2D eigenvalue weighted by Gasteiger charge is 2.00. The van der Waals surface area contributed by atoms with Gasteiger partial charge in [0.25, 0.3) is 0 Å². The highest BCUT2D eigenvalue weighted by atomic mass is 35.5. The van der Waals surface area contributed by atoms with E-state index in [0.717, 1.165) is 17.0 Å². The molecule has 0 amide bonds. The van der Waals surface area contributed by atoms with Crippen LogP contribution in [0.2, 0.25) is 0 Å². The van der Waals surface area contributed by atoms with Gasteiger partial charge in [0.05, 0.1) is 17.3 Å². The molecule has 0 saturated heterocycles. The van der Waals surface area contributed by atoms with Gasteiger partial charge in [0.2, 0.25) is 0 Å². The summed E-state index contributed by atoms with van der Waals surface area (Å²) in [6, 6.07) is 11.9. The standard InChI is InChI=1S/C12H9ClFN/c13-8-11-2-1-3-12(15-11)9-4-6-10(14)7-5-9/h1-7H,8H2. The summed E-state index contributed by atoms with van der Waals surface area (Å²) in [5.41, 5.74) is 2.52. The zero-order valence-electron chi connectivity index (χ0n) is 7.95. The lowest BCUT2D eigenvalue weighted by atomic mass is 10.1. The van der Waals surface area contributed by atoms with Crippen molar-refractivity contribution in [3.63, 3.8) is 0 Å². The summed E-state index contributed by atoms with van der Waals surface area (Å²) in [5.74, 6) is 0.141. The van der Waals surface area contributed by atoms with E-state index in [4.69, 9.17) is 11.6 Å². The Morgan fingerprint density at radius 3 is 2.47 bits per heavy atom. The second-order valence-corrected chi connectivity index (χ2v) is 3.42. The molecular weight excluding hydrogens is 213 g/mol. The lowest BCUT2D eigenvalue weighted by molar-refractivity contribution is 0.628. The number of hydrogen-bond acceptors (Lipinski definition) is 1. The Morgan fingerprint density at radius 2 is 1.80 bits per heavy atom. The molecule has 0 aliphatic carbocycles. The van der Waals surface area contributed by atoms with Gasteiger partial charge < -0.3 is 0 Å². The average molecular weight is 222 g/mol. The van der Waals surface area contributed by atoms with Crippen LogP contribution in [0.1, 0.15) is 5.69 Å².